The van der Waals surface area contributed by atoms with Gasteiger partial charge in [0.05, 0.1) is 0 Å². The molecule has 0 aromatic heterocycles. The van der Waals surface area contributed by atoms with E-state index in [1.54, 1.807) is 0 Å². The smallest absolute Gasteiger partial charge is 0.223 e. The third kappa shape index (κ3) is 6.26. The summed E-state index contributed by atoms with van der Waals surface area (Å²) in [5, 5.41) is 0. The number of para-hydroxylation sites is 1. The van der Waals surface area contributed by atoms with Crippen LogP contribution in [0.4, 0.5) is 0 Å². The monoisotopic (exact) mass is 239 g/mol. The van der Waals surface area contributed by atoms with Crippen LogP contribution in [0, 0.1) is 0 Å². The first-order chi connectivity index (χ1) is 8.36. The summed E-state index contributed by atoms with van der Waals surface area (Å²) in [6.45, 7) is 4.22. The minimum Gasteiger partial charge on any atom is -0.462 e. The van der Waals surface area contributed by atoms with E-state index in [-0.39, 0.29) is 6.29 Å². The van der Waals surface area contributed by atoms with Gasteiger partial charge in [0.1, 0.15) is 12.4 Å². The first kappa shape index (κ1) is 14.0. The fourth-order valence-corrected chi connectivity index (χ4v) is 1.32. The summed E-state index contributed by atoms with van der Waals surface area (Å²) < 4.78 is 16.5. The number of hydrogen-bond donors (Lipinski definition) is 1. The summed E-state index contributed by atoms with van der Waals surface area (Å²) in [6.07, 6.45) is 0.490. The van der Waals surface area contributed by atoms with Crippen molar-refractivity contribution in [3.05, 3.63) is 30.3 Å². The predicted octanol–water partition coefficient (Wildman–Crippen LogP) is 1.79. The normalized spacial score (nSPS) is 12.4. The lowest BCUT2D eigenvalue weighted by Gasteiger charge is -2.18. The number of rotatable bonds is 9. The molecule has 17 heavy (non-hydrogen) atoms. The second kappa shape index (κ2) is 8.98. The summed E-state index contributed by atoms with van der Waals surface area (Å²) in [5.41, 5.74) is 5.39. The van der Waals surface area contributed by atoms with E-state index in [1.165, 1.54) is 0 Å². The van der Waals surface area contributed by atoms with Gasteiger partial charge in [-0.15, -0.1) is 0 Å². The van der Waals surface area contributed by atoms with Gasteiger partial charge >= 0.3 is 0 Å². The average molecular weight is 239 g/mol. The van der Waals surface area contributed by atoms with Gasteiger partial charge in [-0.05, 0) is 32.0 Å². The largest absolute Gasteiger partial charge is 0.462 e. The van der Waals surface area contributed by atoms with Crippen molar-refractivity contribution in [1.82, 2.24) is 0 Å². The summed E-state index contributed by atoms with van der Waals surface area (Å²) in [6, 6.07) is 9.58. The third-order valence-corrected chi connectivity index (χ3v) is 2.11. The Morgan fingerprint density at radius 2 is 2.00 bits per heavy atom. The van der Waals surface area contributed by atoms with Gasteiger partial charge in [0.15, 0.2) is 0 Å². The molecule has 0 aliphatic carbocycles. The van der Waals surface area contributed by atoms with Gasteiger partial charge in [0.25, 0.3) is 0 Å². The lowest BCUT2D eigenvalue weighted by Crippen LogP contribution is -2.27. The third-order valence-electron chi connectivity index (χ3n) is 2.11. The van der Waals surface area contributed by atoms with Crippen molar-refractivity contribution in [2.45, 2.75) is 19.6 Å². The van der Waals surface area contributed by atoms with E-state index in [2.05, 4.69) is 0 Å². The van der Waals surface area contributed by atoms with Crippen molar-refractivity contribution in [2.75, 3.05) is 26.4 Å². The van der Waals surface area contributed by atoms with Crippen molar-refractivity contribution in [1.29, 1.82) is 0 Å². The Morgan fingerprint density at radius 3 is 2.65 bits per heavy atom. The number of benzene rings is 1. The van der Waals surface area contributed by atoms with E-state index >= 15 is 0 Å². The maximum atomic E-state index is 5.66. The molecule has 1 aromatic rings. The van der Waals surface area contributed by atoms with Gasteiger partial charge < -0.3 is 19.9 Å². The molecule has 0 amide bonds. The Hall–Kier alpha value is -1.10. The van der Waals surface area contributed by atoms with E-state index in [0.29, 0.717) is 26.4 Å². The maximum Gasteiger partial charge on any atom is 0.223 e. The Kier molecular flexibility index (Phi) is 7.38. The molecule has 0 saturated carbocycles. The molecule has 2 N–H and O–H groups in total. The van der Waals surface area contributed by atoms with Gasteiger partial charge in [0.2, 0.25) is 6.29 Å². The number of nitrogens with two attached hydrogens (primary N) is 1. The van der Waals surface area contributed by atoms with Gasteiger partial charge in [0, 0.05) is 13.2 Å². The van der Waals surface area contributed by atoms with Crippen LogP contribution >= 0.6 is 0 Å². The van der Waals surface area contributed by atoms with E-state index in [4.69, 9.17) is 19.9 Å². The minimum atomic E-state index is -0.361. The molecule has 0 aliphatic rings. The molecule has 0 fully saturated rings. The molecular weight excluding hydrogens is 218 g/mol. The molecule has 0 spiro atoms. The van der Waals surface area contributed by atoms with Crippen LogP contribution in [0.25, 0.3) is 0 Å². The summed E-state index contributed by atoms with van der Waals surface area (Å²) in [4.78, 5) is 0. The van der Waals surface area contributed by atoms with Crippen molar-refractivity contribution in [3.63, 3.8) is 0 Å². The predicted molar refractivity (Wildman–Crippen MR) is 67.0 cm³/mol. The SMILES string of the molecule is CCOC(COCCCN)Oc1ccccc1. The molecule has 1 unspecified atom stereocenters. The molecule has 0 aliphatic heterocycles. The molecule has 96 valence electrons. The van der Waals surface area contributed by atoms with Crippen LogP contribution in [0.15, 0.2) is 30.3 Å². The lowest BCUT2D eigenvalue weighted by molar-refractivity contribution is -0.118. The standard InChI is InChI=1S/C13H21NO3/c1-2-16-13(11-15-10-6-9-14)17-12-7-4-3-5-8-12/h3-5,7-8,13H,2,6,9-11,14H2,1H3. The number of ether oxygens (including phenoxy) is 3. The second-order valence-corrected chi connectivity index (χ2v) is 3.53. The zero-order chi connectivity index (χ0) is 12.3. The van der Waals surface area contributed by atoms with Gasteiger partial charge in [-0.2, -0.15) is 0 Å². The van der Waals surface area contributed by atoms with Gasteiger partial charge in [-0.25, -0.2) is 0 Å². The fraction of sp³-hybridized carbons (Fsp3) is 0.538. The molecular formula is C13H21NO3. The molecule has 0 saturated heterocycles. The molecule has 1 rings (SSSR count). The Labute approximate surface area is 103 Å². The highest BCUT2D eigenvalue weighted by Gasteiger charge is 2.09. The van der Waals surface area contributed by atoms with E-state index in [0.717, 1.165) is 12.2 Å². The van der Waals surface area contributed by atoms with Crippen LogP contribution in [0.1, 0.15) is 13.3 Å². The summed E-state index contributed by atoms with van der Waals surface area (Å²) in [5.74, 6) is 0.786. The van der Waals surface area contributed by atoms with E-state index in [1.807, 2.05) is 37.3 Å². The quantitative estimate of drug-likeness (QED) is 0.527. The van der Waals surface area contributed by atoms with Crippen LogP contribution < -0.4 is 10.5 Å². The first-order valence-electron chi connectivity index (χ1n) is 5.98. The zero-order valence-electron chi connectivity index (χ0n) is 10.3. The highest BCUT2D eigenvalue weighted by molar-refractivity contribution is 5.21. The van der Waals surface area contributed by atoms with Gasteiger partial charge in [-0.1, -0.05) is 18.2 Å². The first-order valence-corrected chi connectivity index (χ1v) is 5.98. The second-order valence-electron chi connectivity index (χ2n) is 3.53. The van der Waals surface area contributed by atoms with Crippen molar-refractivity contribution in [2.24, 2.45) is 5.73 Å². The van der Waals surface area contributed by atoms with Crippen molar-refractivity contribution < 1.29 is 14.2 Å². The van der Waals surface area contributed by atoms with E-state index < -0.39 is 0 Å². The molecule has 0 heterocycles. The molecule has 0 bridgehead atoms. The van der Waals surface area contributed by atoms with Crippen LogP contribution in [-0.4, -0.2) is 32.7 Å². The van der Waals surface area contributed by atoms with Crippen LogP contribution in [-0.2, 0) is 9.47 Å². The number of hydrogen-bond acceptors (Lipinski definition) is 4. The Bertz CT molecular complexity index is 279. The van der Waals surface area contributed by atoms with Crippen LogP contribution in [0.2, 0.25) is 0 Å². The highest BCUT2D eigenvalue weighted by Crippen LogP contribution is 2.11. The highest BCUT2D eigenvalue weighted by atomic mass is 16.7. The topological polar surface area (TPSA) is 53.7 Å². The van der Waals surface area contributed by atoms with Crippen molar-refractivity contribution >= 4 is 0 Å². The lowest BCUT2D eigenvalue weighted by atomic mass is 10.3. The molecule has 4 nitrogen and oxygen atoms in total. The van der Waals surface area contributed by atoms with Crippen LogP contribution in [0.5, 0.6) is 5.75 Å². The Morgan fingerprint density at radius 1 is 1.24 bits per heavy atom. The minimum absolute atomic E-state index is 0.361. The van der Waals surface area contributed by atoms with Gasteiger partial charge in [-0.3, -0.25) is 0 Å². The zero-order valence-corrected chi connectivity index (χ0v) is 10.3. The summed E-state index contributed by atoms with van der Waals surface area (Å²) in [7, 11) is 0. The molecule has 1 atom stereocenters. The molecule has 0 radical (unpaired) electrons. The summed E-state index contributed by atoms with van der Waals surface area (Å²) >= 11 is 0. The van der Waals surface area contributed by atoms with Crippen molar-refractivity contribution in [3.8, 4) is 5.75 Å². The Balaban J connectivity index is 2.32. The maximum absolute atomic E-state index is 5.66. The molecule has 1 aromatic carbocycles. The molecule has 4 heteroatoms. The fourth-order valence-electron chi connectivity index (χ4n) is 1.32. The van der Waals surface area contributed by atoms with Crippen LogP contribution in [0.3, 0.4) is 0 Å². The average Bonchev–Trinajstić information content (AvgIpc) is 2.36. The van der Waals surface area contributed by atoms with E-state index in [9.17, 15) is 0 Å².